The van der Waals surface area contributed by atoms with E-state index in [1.807, 2.05) is 0 Å². The molecule has 5 heteroatoms. The Bertz CT molecular complexity index is 295. The lowest BCUT2D eigenvalue weighted by Crippen LogP contribution is -2.20. The third kappa shape index (κ3) is 5.44. The van der Waals surface area contributed by atoms with Crippen LogP contribution in [0.3, 0.4) is 0 Å². The zero-order valence-corrected chi connectivity index (χ0v) is 11.1. The molecule has 1 unspecified atom stereocenters. The topological polar surface area (TPSA) is 60.4 Å². The van der Waals surface area contributed by atoms with Crippen LogP contribution in [0.1, 0.15) is 45.4 Å². The van der Waals surface area contributed by atoms with Crippen molar-refractivity contribution in [3.8, 4) is 0 Å². The van der Waals surface area contributed by atoms with Gasteiger partial charge in [0.1, 0.15) is 5.78 Å². The second-order valence-corrected chi connectivity index (χ2v) is 5.99. The molecule has 1 saturated carbocycles. The summed E-state index contributed by atoms with van der Waals surface area (Å²) in [6.45, 7) is 2.07. The summed E-state index contributed by atoms with van der Waals surface area (Å²) in [4.78, 5) is 22.6. The maximum Gasteiger partial charge on any atom is 0.306 e. The lowest BCUT2D eigenvalue weighted by atomic mass is 10.2. The second kappa shape index (κ2) is 7.58. The van der Waals surface area contributed by atoms with Gasteiger partial charge in [0.15, 0.2) is 0 Å². The molecule has 0 aromatic heterocycles. The summed E-state index contributed by atoms with van der Waals surface area (Å²) in [7, 11) is -1.05. The number of ether oxygens (including phenoxy) is 1. The maximum atomic E-state index is 11.8. The molecule has 17 heavy (non-hydrogen) atoms. The van der Waals surface area contributed by atoms with Gasteiger partial charge in [-0.25, -0.2) is 0 Å². The first kappa shape index (κ1) is 14.4. The Labute approximate surface area is 105 Å². The van der Waals surface area contributed by atoms with E-state index in [0.29, 0.717) is 6.61 Å². The van der Waals surface area contributed by atoms with Gasteiger partial charge in [0.2, 0.25) is 0 Å². The van der Waals surface area contributed by atoms with Gasteiger partial charge in [-0.15, -0.1) is 0 Å². The number of carbonyl (C=O) groups excluding carboxylic acids is 2. The van der Waals surface area contributed by atoms with Gasteiger partial charge in [-0.1, -0.05) is 12.8 Å². The first-order valence-corrected chi connectivity index (χ1v) is 7.56. The number of Topliss-reactive ketones (excluding diaryl/α,β-unsaturated/α-hetero) is 1. The minimum atomic E-state index is -1.05. The van der Waals surface area contributed by atoms with E-state index in [2.05, 4.69) is 0 Å². The first-order valence-electron chi connectivity index (χ1n) is 6.18. The first-order chi connectivity index (χ1) is 8.13. The monoisotopic (exact) mass is 260 g/mol. The Morgan fingerprint density at radius 2 is 1.88 bits per heavy atom. The summed E-state index contributed by atoms with van der Waals surface area (Å²) in [5, 5.41) is 0.196. The lowest BCUT2D eigenvalue weighted by Gasteiger charge is -2.08. The SMILES string of the molecule is CCOC(=O)CCC(=O)CS(=O)C1CCCC1. The third-order valence-electron chi connectivity index (χ3n) is 2.89. The van der Waals surface area contributed by atoms with Crippen LogP contribution in [0.2, 0.25) is 0 Å². The third-order valence-corrected chi connectivity index (χ3v) is 4.71. The zero-order valence-electron chi connectivity index (χ0n) is 10.3. The molecule has 0 radical (unpaired) electrons. The smallest absolute Gasteiger partial charge is 0.306 e. The van der Waals surface area contributed by atoms with Gasteiger partial charge in [0, 0.05) is 22.5 Å². The van der Waals surface area contributed by atoms with Crippen molar-refractivity contribution in [2.24, 2.45) is 0 Å². The van der Waals surface area contributed by atoms with Crippen LogP contribution in [0.5, 0.6) is 0 Å². The Kier molecular flexibility index (Phi) is 6.40. The molecule has 4 nitrogen and oxygen atoms in total. The van der Waals surface area contributed by atoms with Gasteiger partial charge in [0.05, 0.1) is 18.8 Å². The largest absolute Gasteiger partial charge is 0.466 e. The fourth-order valence-electron chi connectivity index (χ4n) is 1.97. The van der Waals surface area contributed by atoms with Gasteiger partial charge < -0.3 is 4.74 Å². The molecule has 1 rings (SSSR count). The molecule has 0 aromatic rings. The van der Waals surface area contributed by atoms with E-state index in [9.17, 15) is 13.8 Å². The van der Waals surface area contributed by atoms with Gasteiger partial charge in [-0.3, -0.25) is 13.8 Å². The van der Waals surface area contributed by atoms with Crippen molar-refractivity contribution >= 4 is 22.6 Å². The molecule has 0 aliphatic heterocycles. The van der Waals surface area contributed by atoms with E-state index in [1.54, 1.807) is 6.92 Å². The summed E-state index contributed by atoms with van der Waals surface area (Å²) in [5.74, 6) is -0.347. The van der Waals surface area contributed by atoms with Crippen LogP contribution >= 0.6 is 0 Å². The molecule has 0 bridgehead atoms. The highest BCUT2D eigenvalue weighted by Crippen LogP contribution is 2.23. The standard InChI is InChI=1S/C12H20O4S/c1-2-16-12(14)8-7-10(13)9-17(15)11-5-3-4-6-11/h11H,2-9H2,1H3. The van der Waals surface area contributed by atoms with Crippen molar-refractivity contribution in [1.29, 1.82) is 0 Å². The van der Waals surface area contributed by atoms with E-state index < -0.39 is 10.8 Å². The normalized spacial score (nSPS) is 17.9. The van der Waals surface area contributed by atoms with E-state index >= 15 is 0 Å². The predicted octanol–water partition coefficient (Wildman–Crippen LogP) is 1.59. The second-order valence-electron chi connectivity index (χ2n) is 4.28. The quantitative estimate of drug-likeness (QED) is 0.652. The summed E-state index contributed by atoms with van der Waals surface area (Å²) in [6.07, 6.45) is 4.43. The molecule has 1 atom stereocenters. The fraction of sp³-hybridized carbons (Fsp3) is 0.833. The number of ketones is 1. The van der Waals surface area contributed by atoms with Crippen LogP contribution in [0.4, 0.5) is 0 Å². The van der Waals surface area contributed by atoms with Crippen molar-refractivity contribution in [2.45, 2.75) is 50.7 Å². The van der Waals surface area contributed by atoms with Crippen LogP contribution in [0.25, 0.3) is 0 Å². The van der Waals surface area contributed by atoms with Crippen LogP contribution < -0.4 is 0 Å². The van der Waals surface area contributed by atoms with Crippen molar-refractivity contribution in [1.82, 2.24) is 0 Å². The molecule has 1 aliphatic carbocycles. The maximum absolute atomic E-state index is 11.8. The minimum absolute atomic E-state index is 0.0942. The number of carbonyl (C=O) groups is 2. The Hall–Kier alpha value is -0.710. The highest BCUT2D eigenvalue weighted by molar-refractivity contribution is 7.86. The molecule has 1 aliphatic rings. The van der Waals surface area contributed by atoms with E-state index in [0.717, 1.165) is 25.7 Å². The molecule has 1 fully saturated rings. The lowest BCUT2D eigenvalue weighted by molar-refractivity contribution is -0.144. The van der Waals surface area contributed by atoms with Crippen molar-refractivity contribution in [3.05, 3.63) is 0 Å². The molecule has 0 amide bonds. The molecule has 0 heterocycles. The summed E-state index contributed by atoms with van der Waals surface area (Å²) in [6, 6.07) is 0. The van der Waals surface area contributed by atoms with Crippen molar-refractivity contribution in [2.75, 3.05) is 12.4 Å². The number of rotatable bonds is 7. The molecule has 98 valence electrons. The van der Waals surface area contributed by atoms with E-state index in [4.69, 9.17) is 4.74 Å². The number of hydrogen-bond donors (Lipinski definition) is 0. The summed E-state index contributed by atoms with van der Waals surface area (Å²) < 4.78 is 16.5. The molecular weight excluding hydrogens is 240 g/mol. The highest BCUT2D eigenvalue weighted by atomic mass is 32.2. The van der Waals surface area contributed by atoms with Crippen LogP contribution in [-0.4, -0.2) is 33.6 Å². The van der Waals surface area contributed by atoms with Crippen molar-refractivity contribution in [3.63, 3.8) is 0 Å². The van der Waals surface area contributed by atoms with Gasteiger partial charge in [-0.2, -0.15) is 0 Å². The number of esters is 1. The Balaban J connectivity index is 2.20. The zero-order chi connectivity index (χ0) is 12.7. The van der Waals surface area contributed by atoms with Gasteiger partial charge in [-0.05, 0) is 19.8 Å². The molecule has 0 aromatic carbocycles. The van der Waals surface area contributed by atoms with Crippen LogP contribution in [0.15, 0.2) is 0 Å². The minimum Gasteiger partial charge on any atom is -0.466 e. The van der Waals surface area contributed by atoms with Crippen molar-refractivity contribution < 1.29 is 18.5 Å². The average molecular weight is 260 g/mol. The highest BCUT2D eigenvalue weighted by Gasteiger charge is 2.23. The van der Waals surface area contributed by atoms with E-state index in [1.165, 1.54) is 0 Å². The van der Waals surface area contributed by atoms with Gasteiger partial charge >= 0.3 is 5.97 Å². The number of hydrogen-bond acceptors (Lipinski definition) is 4. The summed E-state index contributed by atoms with van der Waals surface area (Å²) >= 11 is 0. The molecule has 0 N–H and O–H groups in total. The molecule has 0 spiro atoms. The fourth-order valence-corrected chi connectivity index (χ4v) is 3.53. The Morgan fingerprint density at radius 1 is 1.24 bits per heavy atom. The Morgan fingerprint density at radius 3 is 2.47 bits per heavy atom. The van der Waals surface area contributed by atoms with Gasteiger partial charge in [0.25, 0.3) is 0 Å². The van der Waals surface area contributed by atoms with E-state index in [-0.39, 0.29) is 35.6 Å². The average Bonchev–Trinajstić information content (AvgIpc) is 2.80. The van der Waals surface area contributed by atoms with Crippen LogP contribution in [-0.2, 0) is 25.1 Å². The predicted molar refractivity (Wildman–Crippen MR) is 66.1 cm³/mol. The summed E-state index contributed by atoms with van der Waals surface area (Å²) in [5.41, 5.74) is 0. The molecular formula is C12H20O4S. The molecule has 0 saturated heterocycles. The van der Waals surface area contributed by atoms with Crippen LogP contribution in [0, 0.1) is 0 Å².